The first-order chi connectivity index (χ1) is 20.7. The number of benzene rings is 1. The van der Waals surface area contributed by atoms with Crippen molar-refractivity contribution >= 4 is 29.8 Å². The first kappa shape index (κ1) is 34.3. The van der Waals surface area contributed by atoms with Gasteiger partial charge in [-0.1, -0.05) is 18.2 Å². The van der Waals surface area contributed by atoms with Crippen LogP contribution in [0.5, 0.6) is 0 Å². The molecule has 1 aliphatic heterocycles. The number of esters is 5. The van der Waals surface area contributed by atoms with E-state index in [9.17, 15) is 34.2 Å². The minimum Gasteiger partial charge on any atom is -0.461 e. The van der Waals surface area contributed by atoms with Gasteiger partial charge in [0.15, 0.2) is 17.8 Å². The molecule has 2 unspecified atom stereocenters. The molecule has 2 N–H and O–H groups in total. The van der Waals surface area contributed by atoms with Crippen LogP contribution in [0.3, 0.4) is 0 Å². The lowest BCUT2D eigenvalue weighted by atomic mass is 9.47. The fraction of sp³-hybridized carbons (Fsp3) is 0.656. The second kappa shape index (κ2) is 11.7. The summed E-state index contributed by atoms with van der Waals surface area (Å²) >= 11 is 0. The van der Waals surface area contributed by atoms with E-state index < -0.39 is 94.6 Å². The van der Waals surface area contributed by atoms with Gasteiger partial charge in [-0.15, -0.1) is 0 Å². The molecule has 248 valence electrons. The number of carbonyl (C=O) groups is 5. The largest absolute Gasteiger partial charge is 0.461 e. The van der Waals surface area contributed by atoms with Gasteiger partial charge in [0.1, 0.15) is 29.8 Å². The lowest BCUT2D eigenvalue weighted by molar-refractivity contribution is -0.344. The SMILES string of the molecule is CC(=O)O[C@H]1C[C@](C)(O)[C@@]23CC([C@@H](OC(=O)C(C)(C)O)[C@@H](OC(C)=O)C2(COC(=O)c2ccccc2)[C@H]1OC(C)=O)C(C)(C)O3. The van der Waals surface area contributed by atoms with Gasteiger partial charge in [-0.05, 0) is 53.2 Å². The Bertz CT molecular complexity index is 1350. The molecule has 0 aromatic heterocycles. The van der Waals surface area contributed by atoms with Crippen LogP contribution < -0.4 is 0 Å². The summed E-state index contributed by atoms with van der Waals surface area (Å²) in [5, 5.41) is 22.9. The molecule has 2 aliphatic carbocycles. The molecule has 3 fully saturated rings. The molecule has 1 aromatic rings. The van der Waals surface area contributed by atoms with E-state index in [1.54, 1.807) is 32.0 Å². The first-order valence-electron chi connectivity index (χ1n) is 14.8. The number of rotatable bonds is 8. The molecule has 2 bridgehead atoms. The summed E-state index contributed by atoms with van der Waals surface area (Å²) in [6.07, 6.45) is -6.22. The van der Waals surface area contributed by atoms with Gasteiger partial charge in [0.25, 0.3) is 0 Å². The fourth-order valence-electron chi connectivity index (χ4n) is 7.43. The third-order valence-electron chi connectivity index (χ3n) is 9.20. The molecule has 1 spiro atoms. The van der Waals surface area contributed by atoms with Crippen LogP contribution in [-0.4, -0.2) is 93.5 Å². The lowest BCUT2D eigenvalue weighted by Crippen LogP contribution is -2.81. The standard InChI is InChI=1S/C32H42O13/c1-17(33)41-22-15-30(8,39)32-14-21(29(6,7)45-32)23(44-27(37)28(4,5)38)25(43-19(3)35)31(32,24(22)42-18(2)34)16-40-26(36)20-12-10-9-11-13-20/h9-13,21-25,38-39H,14-16H2,1-8H3/t21?,22-,23+,24-,25+,30-,31?,32-/m0/s1. The fourth-order valence-corrected chi connectivity index (χ4v) is 7.43. The number of aliphatic hydroxyl groups is 2. The van der Waals surface area contributed by atoms with Crippen molar-refractivity contribution in [2.24, 2.45) is 11.3 Å². The van der Waals surface area contributed by atoms with E-state index in [0.29, 0.717) is 0 Å². The van der Waals surface area contributed by atoms with E-state index in [2.05, 4.69) is 0 Å². The molecular weight excluding hydrogens is 592 g/mol. The Balaban J connectivity index is 2.05. The molecule has 1 saturated heterocycles. The monoisotopic (exact) mass is 634 g/mol. The summed E-state index contributed by atoms with van der Waals surface area (Å²) in [6.45, 7) is 9.95. The molecule has 8 atom stereocenters. The number of fused-ring (bicyclic) bond motifs is 1. The maximum absolute atomic E-state index is 13.4. The van der Waals surface area contributed by atoms with Gasteiger partial charge in [-0.2, -0.15) is 0 Å². The number of hydrogen-bond donors (Lipinski definition) is 2. The van der Waals surface area contributed by atoms with Crippen LogP contribution in [0.4, 0.5) is 0 Å². The minimum atomic E-state index is -2.04. The summed E-state index contributed by atoms with van der Waals surface area (Å²) in [5.41, 5.74) is -8.71. The number of carbonyl (C=O) groups excluding carboxylic acids is 5. The summed E-state index contributed by atoms with van der Waals surface area (Å²) < 4.78 is 36.0. The predicted octanol–water partition coefficient (Wildman–Crippen LogP) is 2.03. The summed E-state index contributed by atoms with van der Waals surface area (Å²) in [4.78, 5) is 64.6. The van der Waals surface area contributed by atoms with E-state index in [1.807, 2.05) is 0 Å². The van der Waals surface area contributed by atoms with Gasteiger partial charge >= 0.3 is 29.8 Å². The van der Waals surface area contributed by atoms with Crippen LogP contribution >= 0.6 is 0 Å². The molecule has 0 amide bonds. The van der Waals surface area contributed by atoms with Crippen molar-refractivity contribution in [3.05, 3.63) is 35.9 Å². The zero-order valence-corrected chi connectivity index (χ0v) is 26.8. The van der Waals surface area contributed by atoms with Gasteiger partial charge in [0, 0.05) is 33.1 Å². The highest BCUT2D eigenvalue weighted by Crippen LogP contribution is 2.69. The van der Waals surface area contributed by atoms with Crippen LogP contribution in [0.15, 0.2) is 30.3 Å². The smallest absolute Gasteiger partial charge is 0.338 e. The average molecular weight is 635 g/mol. The molecule has 1 heterocycles. The van der Waals surface area contributed by atoms with E-state index in [4.69, 9.17) is 28.4 Å². The topological polar surface area (TPSA) is 181 Å². The second-order valence-corrected chi connectivity index (χ2v) is 13.4. The van der Waals surface area contributed by atoms with Crippen molar-refractivity contribution < 1.29 is 62.6 Å². The first-order valence-corrected chi connectivity index (χ1v) is 14.8. The van der Waals surface area contributed by atoms with Crippen LogP contribution in [0, 0.1) is 11.3 Å². The normalized spacial score (nSPS) is 34.9. The van der Waals surface area contributed by atoms with Crippen LogP contribution in [0.1, 0.15) is 78.6 Å². The highest BCUT2D eigenvalue weighted by Gasteiger charge is 2.84. The van der Waals surface area contributed by atoms with E-state index >= 15 is 0 Å². The molecule has 3 aliphatic rings. The number of ether oxygens (including phenoxy) is 6. The Kier molecular flexibility index (Phi) is 8.90. The average Bonchev–Trinajstić information content (AvgIpc) is 3.17. The molecule has 1 aromatic carbocycles. The third kappa shape index (κ3) is 5.93. The van der Waals surface area contributed by atoms with Crippen molar-refractivity contribution in [1.29, 1.82) is 0 Å². The summed E-state index contributed by atoms with van der Waals surface area (Å²) in [6, 6.07) is 7.99. The summed E-state index contributed by atoms with van der Waals surface area (Å²) in [5.74, 6) is -5.05. The van der Waals surface area contributed by atoms with Crippen LogP contribution in [-0.2, 0) is 47.6 Å². The summed E-state index contributed by atoms with van der Waals surface area (Å²) in [7, 11) is 0. The van der Waals surface area contributed by atoms with Crippen molar-refractivity contribution in [3.8, 4) is 0 Å². The zero-order valence-electron chi connectivity index (χ0n) is 26.8. The molecular formula is C32H42O13. The van der Waals surface area contributed by atoms with E-state index in [0.717, 1.165) is 20.8 Å². The molecule has 2 saturated carbocycles. The molecule has 4 rings (SSSR count). The Morgan fingerprint density at radius 2 is 1.42 bits per heavy atom. The molecule has 13 nitrogen and oxygen atoms in total. The third-order valence-corrected chi connectivity index (χ3v) is 9.20. The molecule has 0 radical (unpaired) electrons. The minimum absolute atomic E-state index is 0.0536. The van der Waals surface area contributed by atoms with Crippen LogP contribution in [0.25, 0.3) is 0 Å². The van der Waals surface area contributed by atoms with Gasteiger partial charge in [-0.3, -0.25) is 14.4 Å². The molecule has 45 heavy (non-hydrogen) atoms. The van der Waals surface area contributed by atoms with Crippen molar-refractivity contribution in [2.45, 2.75) is 115 Å². The second-order valence-electron chi connectivity index (χ2n) is 13.4. The highest BCUT2D eigenvalue weighted by atomic mass is 16.6. The van der Waals surface area contributed by atoms with Crippen molar-refractivity contribution in [2.75, 3.05) is 6.61 Å². The van der Waals surface area contributed by atoms with Gasteiger partial charge in [0.05, 0.1) is 16.8 Å². The quantitative estimate of drug-likeness (QED) is 0.313. The van der Waals surface area contributed by atoms with Gasteiger partial charge in [-0.25, -0.2) is 9.59 Å². The van der Waals surface area contributed by atoms with Crippen molar-refractivity contribution in [1.82, 2.24) is 0 Å². The van der Waals surface area contributed by atoms with Gasteiger partial charge < -0.3 is 38.6 Å². The predicted molar refractivity (Wildman–Crippen MR) is 153 cm³/mol. The highest BCUT2D eigenvalue weighted by molar-refractivity contribution is 5.89. The van der Waals surface area contributed by atoms with Crippen molar-refractivity contribution in [3.63, 3.8) is 0 Å². The van der Waals surface area contributed by atoms with Gasteiger partial charge in [0.2, 0.25) is 0 Å². The number of hydrogen-bond acceptors (Lipinski definition) is 13. The Morgan fingerprint density at radius 3 is 1.96 bits per heavy atom. The zero-order chi connectivity index (χ0) is 33.8. The van der Waals surface area contributed by atoms with Crippen LogP contribution in [0.2, 0.25) is 0 Å². The Labute approximate surface area is 261 Å². The van der Waals surface area contributed by atoms with E-state index in [-0.39, 0.29) is 18.4 Å². The maximum Gasteiger partial charge on any atom is 0.338 e. The Hall–Kier alpha value is -3.55. The molecule has 13 heteroatoms. The maximum atomic E-state index is 13.4. The lowest BCUT2D eigenvalue weighted by Gasteiger charge is -2.65. The Morgan fingerprint density at radius 1 is 0.867 bits per heavy atom. The van der Waals surface area contributed by atoms with E-state index in [1.165, 1.54) is 32.9 Å².